The number of nitrogens with zero attached hydrogens (tertiary/aromatic N) is 2. The van der Waals surface area contributed by atoms with Gasteiger partial charge in [0.1, 0.15) is 0 Å². The number of carbonyl (C=O) groups excluding carboxylic acids is 1. The quantitative estimate of drug-likeness (QED) is 0.806. The van der Waals surface area contributed by atoms with Gasteiger partial charge in [0.25, 0.3) is 0 Å². The number of thiophene rings is 1. The molecule has 0 saturated carbocycles. The van der Waals surface area contributed by atoms with Crippen LogP contribution in [-0.2, 0) is 11.2 Å². The van der Waals surface area contributed by atoms with Crippen LogP contribution < -0.4 is 10.2 Å². The highest BCUT2D eigenvalue weighted by Crippen LogP contribution is 2.26. The summed E-state index contributed by atoms with van der Waals surface area (Å²) in [5, 5.41) is 5.19. The number of likely N-dealkylation sites (tertiary alicyclic amines) is 1. The fraction of sp³-hybridized carbons (Fsp3) is 0.476. The molecule has 1 aromatic heterocycles. The topological polar surface area (TPSA) is 35.6 Å². The number of anilines is 1. The van der Waals surface area contributed by atoms with Gasteiger partial charge < -0.3 is 10.2 Å². The third kappa shape index (κ3) is 5.08. The molecule has 1 aliphatic heterocycles. The lowest BCUT2D eigenvalue weighted by molar-refractivity contribution is -0.120. The van der Waals surface area contributed by atoms with Gasteiger partial charge in [-0.15, -0.1) is 11.3 Å². The molecule has 0 radical (unpaired) electrons. The molecule has 1 aliphatic rings. The maximum atomic E-state index is 12.3. The smallest absolute Gasteiger partial charge is 0.225 e. The van der Waals surface area contributed by atoms with Crippen molar-refractivity contribution in [2.24, 2.45) is 0 Å². The van der Waals surface area contributed by atoms with Crippen LogP contribution >= 0.6 is 11.3 Å². The Morgan fingerprint density at radius 1 is 1.15 bits per heavy atom. The highest BCUT2D eigenvalue weighted by molar-refractivity contribution is 7.10. The molecule has 2 heterocycles. The number of hydrogen-bond donors (Lipinski definition) is 1. The van der Waals surface area contributed by atoms with Crippen molar-refractivity contribution in [2.45, 2.75) is 31.7 Å². The number of hydrogen-bond acceptors (Lipinski definition) is 4. The maximum absolute atomic E-state index is 12.3. The summed E-state index contributed by atoms with van der Waals surface area (Å²) in [5.41, 5.74) is 2.49. The van der Waals surface area contributed by atoms with Crippen molar-refractivity contribution in [2.75, 3.05) is 38.6 Å². The number of piperidine rings is 1. The zero-order valence-electron chi connectivity index (χ0n) is 15.8. The minimum atomic E-state index is 0.111. The van der Waals surface area contributed by atoms with E-state index in [2.05, 4.69) is 53.5 Å². The van der Waals surface area contributed by atoms with Crippen molar-refractivity contribution in [3.8, 4) is 0 Å². The van der Waals surface area contributed by atoms with Crippen LogP contribution in [0.1, 0.15) is 35.7 Å². The average Bonchev–Trinajstić information content (AvgIpc) is 3.16. The lowest BCUT2D eigenvalue weighted by atomic mass is 10.0. The molecule has 4 nitrogen and oxygen atoms in total. The normalized spacial score (nSPS) is 16.2. The van der Waals surface area contributed by atoms with Crippen molar-refractivity contribution < 1.29 is 4.79 Å². The predicted molar refractivity (Wildman–Crippen MR) is 110 cm³/mol. The van der Waals surface area contributed by atoms with Crippen LogP contribution in [0.25, 0.3) is 0 Å². The molecule has 1 atom stereocenters. The Morgan fingerprint density at radius 2 is 1.88 bits per heavy atom. The fourth-order valence-electron chi connectivity index (χ4n) is 3.53. The average molecular weight is 372 g/mol. The fourth-order valence-corrected chi connectivity index (χ4v) is 4.23. The number of benzene rings is 1. The van der Waals surface area contributed by atoms with Gasteiger partial charge in [0.05, 0.1) is 12.5 Å². The van der Waals surface area contributed by atoms with Gasteiger partial charge >= 0.3 is 0 Å². The van der Waals surface area contributed by atoms with E-state index in [1.54, 1.807) is 11.3 Å². The zero-order chi connectivity index (χ0) is 18.4. The van der Waals surface area contributed by atoms with Gasteiger partial charge in [-0.3, -0.25) is 9.69 Å². The van der Waals surface area contributed by atoms with E-state index in [0.717, 1.165) is 18.0 Å². The van der Waals surface area contributed by atoms with Crippen molar-refractivity contribution in [3.63, 3.8) is 0 Å². The molecule has 1 N–H and O–H groups in total. The van der Waals surface area contributed by atoms with Crippen molar-refractivity contribution in [3.05, 3.63) is 52.2 Å². The van der Waals surface area contributed by atoms with Crippen LogP contribution in [0.2, 0.25) is 0 Å². The first-order valence-electron chi connectivity index (χ1n) is 9.44. The first kappa shape index (κ1) is 18.9. The maximum Gasteiger partial charge on any atom is 0.225 e. The second-order valence-electron chi connectivity index (χ2n) is 7.16. The summed E-state index contributed by atoms with van der Waals surface area (Å²) in [6, 6.07) is 13.0. The summed E-state index contributed by atoms with van der Waals surface area (Å²) in [4.78, 5) is 18.1. The van der Waals surface area contributed by atoms with E-state index >= 15 is 0 Å². The molecule has 1 saturated heterocycles. The molecule has 140 valence electrons. The number of amides is 1. The van der Waals surface area contributed by atoms with E-state index in [0.29, 0.717) is 13.0 Å². The molecule has 1 amide bonds. The monoisotopic (exact) mass is 371 g/mol. The van der Waals surface area contributed by atoms with Crippen LogP contribution in [0, 0.1) is 0 Å². The highest BCUT2D eigenvalue weighted by Gasteiger charge is 2.23. The lowest BCUT2D eigenvalue weighted by Crippen LogP contribution is -2.41. The van der Waals surface area contributed by atoms with E-state index in [4.69, 9.17) is 0 Å². The summed E-state index contributed by atoms with van der Waals surface area (Å²) in [6.45, 7) is 2.90. The predicted octanol–water partition coefficient (Wildman–Crippen LogP) is 3.70. The Kier molecular flexibility index (Phi) is 6.69. The molecule has 26 heavy (non-hydrogen) atoms. The molecule has 0 aliphatic carbocycles. The van der Waals surface area contributed by atoms with Crippen molar-refractivity contribution >= 4 is 22.9 Å². The number of rotatable bonds is 7. The lowest BCUT2D eigenvalue weighted by Gasteiger charge is -2.35. The van der Waals surface area contributed by atoms with E-state index in [-0.39, 0.29) is 11.9 Å². The molecule has 1 fully saturated rings. The molecule has 2 aromatic rings. The summed E-state index contributed by atoms with van der Waals surface area (Å²) in [5.74, 6) is 0.111. The van der Waals surface area contributed by atoms with E-state index < -0.39 is 0 Å². The summed E-state index contributed by atoms with van der Waals surface area (Å²) in [6.07, 6.45) is 4.28. The SMILES string of the molecule is CN(C)c1ccc(C(CNC(=O)Cc2cccs2)N2CCCCC2)cc1. The Hall–Kier alpha value is -1.85. The number of nitrogens with one attached hydrogen (secondary N) is 1. The molecule has 1 aromatic carbocycles. The van der Waals surface area contributed by atoms with Gasteiger partial charge in [0.15, 0.2) is 0 Å². The molecular weight excluding hydrogens is 342 g/mol. The second-order valence-corrected chi connectivity index (χ2v) is 8.19. The van der Waals surface area contributed by atoms with Gasteiger partial charge in [-0.2, -0.15) is 0 Å². The third-order valence-corrected chi connectivity index (χ3v) is 5.91. The Morgan fingerprint density at radius 3 is 2.50 bits per heavy atom. The highest BCUT2D eigenvalue weighted by atomic mass is 32.1. The van der Waals surface area contributed by atoms with Crippen LogP contribution in [0.15, 0.2) is 41.8 Å². The van der Waals surface area contributed by atoms with Crippen LogP contribution in [-0.4, -0.2) is 44.5 Å². The van der Waals surface area contributed by atoms with Crippen LogP contribution in [0.3, 0.4) is 0 Å². The van der Waals surface area contributed by atoms with E-state index in [1.807, 2.05) is 17.5 Å². The summed E-state index contributed by atoms with van der Waals surface area (Å²) < 4.78 is 0. The molecule has 5 heteroatoms. The third-order valence-electron chi connectivity index (χ3n) is 5.03. The first-order chi connectivity index (χ1) is 12.6. The molecule has 0 bridgehead atoms. The minimum Gasteiger partial charge on any atom is -0.378 e. The van der Waals surface area contributed by atoms with Crippen LogP contribution in [0.5, 0.6) is 0 Å². The minimum absolute atomic E-state index is 0.111. The molecule has 1 unspecified atom stereocenters. The van der Waals surface area contributed by atoms with E-state index in [9.17, 15) is 4.79 Å². The van der Waals surface area contributed by atoms with Gasteiger partial charge in [-0.1, -0.05) is 24.6 Å². The zero-order valence-corrected chi connectivity index (χ0v) is 16.6. The van der Waals surface area contributed by atoms with Gasteiger partial charge in [0, 0.05) is 31.2 Å². The van der Waals surface area contributed by atoms with Crippen LogP contribution in [0.4, 0.5) is 5.69 Å². The largest absolute Gasteiger partial charge is 0.378 e. The molecule has 3 rings (SSSR count). The van der Waals surface area contributed by atoms with E-state index in [1.165, 1.54) is 30.5 Å². The summed E-state index contributed by atoms with van der Waals surface area (Å²) >= 11 is 1.64. The van der Waals surface area contributed by atoms with Gasteiger partial charge in [0.2, 0.25) is 5.91 Å². The standard InChI is InChI=1S/C21H29N3OS/c1-23(2)18-10-8-17(9-11-18)20(24-12-4-3-5-13-24)16-22-21(25)15-19-7-6-14-26-19/h6-11,14,20H,3-5,12-13,15-16H2,1-2H3,(H,22,25). The molecular formula is C21H29N3OS. The van der Waals surface area contributed by atoms with Gasteiger partial charge in [-0.25, -0.2) is 0 Å². The molecule has 0 spiro atoms. The van der Waals surface area contributed by atoms with Crippen molar-refractivity contribution in [1.29, 1.82) is 0 Å². The Balaban J connectivity index is 1.67. The Bertz CT molecular complexity index is 676. The van der Waals surface area contributed by atoms with Crippen molar-refractivity contribution in [1.82, 2.24) is 10.2 Å². The Labute approximate surface area is 160 Å². The first-order valence-corrected chi connectivity index (χ1v) is 10.3. The second kappa shape index (κ2) is 9.19. The van der Waals surface area contributed by atoms with Gasteiger partial charge in [-0.05, 0) is 55.1 Å². The number of carbonyl (C=O) groups is 1. The summed E-state index contributed by atoms with van der Waals surface area (Å²) in [7, 11) is 4.11.